The molecule has 0 aliphatic carbocycles. The van der Waals surface area contributed by atoms with Crippen LogP contribution in [0.4, 0.5) is 5.82 Å². The number of sulfonamides is 1. The van der Waals surface area contributed by atoms with E-state index in [1.165, 1.54) is 12.1 Å². The number of pyridine rings is 1. The molecule has 2 aromatic rings. The van der Waals surface area contributed by atoms with Gasteiger partial charge >= 0.3 is 0 Å². The zero-order chi connectivity index (χ0) is 15.6. The Balaban J connectivity index is 2.41. The van der Waals surface area contributed by atoms with Crippen LogP contribution in [0.1, 0.15) is 11.1 Å². The Kier molecular flexibility index (Phi) is 4.46. The summed E-state index contributed by atoms with van der Waals surface area (Å²) in [6, 6.07) is 7.65. The molecule has 0 saturated heterocycles. The van der Waals surface area contributed by atoms with E-state index in [1.54, 1.807) is 24.4 Å². The Morgan fingerprint density at radius 1 is 1.33 bits per heavy atom. The van der Waals surface area contributed by atoms with Crippen LogP contribution >= 0.6 is 23.8 Å². The molecule has 3 N–H and O–H groups in total. The third kappa shape index (κ3) is 3.69. The van der Waals surface area contributed by atoms with E-state index in [9.17, 15) is 8.42 Å². The van der Waals surface area contributed by atoms with Gasteiger partial charge in [0.25, 0.3) is 10.0 Å². The summed E-state index contributed by atoms with van der Waals surface area (Å²) in [7, 11) is -3.87. The fourth-order valence-corrected chi connectivity index (χ4v) is 3.25. The molecule has 0 spiro atoms. The maximum atomic E-state index is 12.4. The third-order valence-electron chi connectivity index (χ3n) is 2.66. The number of nitrogens with zero attached hydrogens (tertiary/aromatic N) is 1. The first-order valence-electron chi connectivity index (χ1n) is 5.84. The van der Waals surface area contributed by atoms with Gasteiger partial charge in [-0.1, -0.05) is 36.0 Å². The highest BCUT2D eigenvalue weighted by Crippen LogP contribution is 2.24. The number of aryl methyl sites for hydroxylation is 1. The summed E-state index contributed by atoms with van der Waals surface area (Å²) < 4.78 is 27.1. The predicted molar refractivity (Wildman–Crippen MR) is 87.1 cm³/mol. The molecule has 0 amide bonds. The van der Waals surface area contributed by atoms with Gasteiger partial charge in [0, 0.05) is 11.8 Å². The smallest absolute Gasteiger partial charge is 0.264 e. The lowest BCUT2D eigenvalue weighted by Gasteiger charge is -2.10. The number of halogens is 1. The summed E-state index contributed by atoms with van der Waals surface area (Å²) in [5.41, 5.74) is 6.85. The van der Waals surface area contributed by atoms with Crippen molar-refractivity contribution < 1.29 is 8.42 Å². The van der Waals surface area contributed by atoms with Crippen molar-refractivity contribution in [2.45, 2.75) is 11.8 Å². The largest absolute Gasteiger partial charge is 0.389 e. The highest BCUT2D eigenvalue weighted by molar-refractivity contribution is 7.92. The van der Waals surface area contributed by atoms with Gasteiger partial charge in [-0.15, -0.1) is 0 Å². The molecule has 0 fully saturated rings. The third-order valence-corrected chi connectivity index (χ3v) is 4.73. The summed E-state index contributed by atoms with van der Waals surface area (Å²) in [6.45, 7) is 1.85. The lowest BCUT2D eigenvalue weighted by Crippen LogP contribution is -2.16. The second-order valence-electron chi connectivity index (χ2n) is 4.34. The van der Waals surface area contributed by atoms with E-state index < -0.39 is 10.0 Å². The molecule has 0 aliphatic heterocycles. The summed E-state index contributed by atoms with van der Waals surface area (Å²) in [5, 5.41) is 0.0783. The molecule has 0 unspecified atom stereocenters. The fourth-order valence-electron chi connectivity index (χ4n) is 1.58. The highest BCUT2D eigenvalue weighted by atomic mass is 35.5. The van der Waals surface area contributed by atoms with E-state index in [-0.39, 0.29) is 20.7 Å². The molecule has 1 aromatic carbocycles. The first kappa shape index (κ1) is 15.7. The van der Waals surface area contributed by atoms with Crippen molar-refractivity contribution >= 4 is 44.6 Å². The van der Waals surface area contributed by atoms with E-state index in [1.807, 2.05) is 6.92 Å². The van der Waals surface area contributed by atoms with Gasteiger partial charge < -0.3 is 5.73 Å². The maximum absolute atomic E-state index is 12.4. The Labute approximate surface area is 133 Å². The zero-order valence-electron chi connectivity index (χ0n) is 11.0. The molecule has 5 nitrogen and oxygen atoms in total. The van der Waals surface area contributed by atoms with E-state index in [4.69, 9.17) is 29.6 Å². The molecule has 21 heavy (non-hydrogen) atoms. The lowest BCUT2D eigenvalue weighted by molar-refractivity contribution is 0.601. The van der Waals surface area contributed by atoms with Gasteiger partial charge in [0.2, 0.25) is 0 Å². The molecule has 1 heterocycles. The van der Waals surface area contributed by atoms with Gasteiger partial charge in [-0.25, -0.2) is 13.4 Å². The molecule has 110 valence electrons. The van der Waals surface area contributed by atoms with Crippen molar-refractivity contribution in [3.8, 4) is 0 Å². The predicted octanol–water partition coefficient (Wildman–Crippen LogP) is 2.48. The molecule has 0 bridgehead atoms. The molecular weight excluding hydrogens is 330 g/mol. The number of anilines is 1. The number of nitrogens with one attached hydrogen (secondary N) is 1. The molecule has 0 saturated carbocycles. The lowest BCUT2D eigenvalue weighted by atomic mass is 10.2. The maximum Gasteiger partial charge on any atom is 0.264 e. The first-order valence-corrected chi connectivity index (χ1v) is 8.11. The van der Waals surface area contributed by atoms with Crippen molar-refractivity contribution in [2.75, 3.05) is 4.72 Å². The SMILES string of the molecule is Cc1ccc(NS(=O)(=O)c2cc(C(N)=S)ccc2Cl)nc1. The normalized spacial score (nSPS) is 11.1. The number of hydrogen-bond acceptors (Lipinski definition) is 4. The van der Waals surface area contributed by atoms with Gasteiger partial charge in [0.15, 0.2) is 0 Å². The molecule has 8 heteroatoms. The Bertz CT molecular complexity index is 790. The van der Waals surface area contributed by atoms with Gasteiger partial charge in [-0.2, -0.15) is 0 Å². The van der Waals surface area contributed by atoms with Crippen LogP contribution in [0.15, 0.2) is 41.4 Å². The van der Waals surface area contributed by atoms with Gasteiger partial charge in [0.05, 0.1) is 5.02 Å². The fraction of sp³-hybridized carbons (Fsp3) is 0.0769. The van der Waals surface area contributed by atoms with Crippen LogP contribution in [0.3, 0.4) is 0 Å². The van der Waals surface area contributed by atoms with Crippen molar-refractivity contribution in [1.29, 1.82) is 0 Å². The second kappa shape index (κ2) is 5.97. The molecule has 0 aliphatic rings. The van der Waals surface area contributed by atoms with Gasteiger partial charge in [-0.3, -0.25) is 4.72 Å². The Morgan fingerprint density at radius 3 is 2.62 bits per heavy atom. The van der Waals surface area contributed by atoms with E-state index in [2.05, 4.69) is 9.71 Å². The average Bonchev–Trinajstić information content (AvgIpc) is 2.41. The standard InChI is InChI=1S/C13H12ClN3O2S2/c1-8-2-5-12(16-7-8)17-21(18,19)11-6-9(13(15)20)3-4-10(11)14/h2-7H,1H3,(H2,15,20)(H,16,17). The van der Waals surface area contributed by atoms with Gasteiger partial charge in [0.1, 0.15) is 15.7 Å². The van der Waals surface area contributed by atoms with E-state index in [0.29, 0.717) is 5.56 Å². The minimum Gasteiger partial charge on any atom is -0.389 e. The Hall–Kier alpha value is -1.70. The van der Waals surface area contributed by atoms with Crippen LogP contribution in [0.2, 0.25) is 5.02 Å². The summed E-state index contributed by atoms with van der Waals surface area (Å²) in [4.78, 5) is 3.99. The molecule has 2 rings (SSSR count). The van der Waals surface area contributed by atoms with Crippen LogP contribution in [-0.2, 0) is 10.0 Å². The van der Waals surface area contributed by atoms with Crippen molar-refractivity contribution in [2.24, 2.45) is 5.73 Å². The molecule has 1 aromatic heterocycles. The summed E-state index contributed by atoms with van der Waals surface area (Å²) >= 11 is 10.8. The van der Waals surface area contributed by atoms with Crippen molar-refractivity contribution in [3.63, 3.8) is 0 Å². The summed E-state index contributed by atoms with van der Waals surface area (Å²) in [5.74, 6) is 0.206. The highest BCUT2D eigenvalue weighted by Gasteiger charge is 2.19. The monoisotopic (exact) mass is 341 g/mol. The minimum atomic E-state index is -3.87. The first-order chi connectivity index (χ1) is 9.79. The minimum absolute atomic E-state index is 0.0783. The van der Waals surface area contributed by atoms with Crippen molar-refractivity contribution in [1.82, 2.24) is 4.98 Å². The molecule has 0 atom stereocenters. The number of hydrogen-bond donors (Lipinski definition) is 2. The Morgan fingerprint density at radius 2 is 2.05 bits per heavy atom. The van der Waals surface area contributed by atoms with E-state index >= 15 is 0 Å². The van der Waals surface area contributed by atoms with Crippen molar-refractivity contribution in [3.05, 3.63) is 52.7 Å². The number of rotatable bonds is 4. The quantitative estimate of drug-likeness (QED) is 0.834. The molecule has 0 radical (unpaired) electrons. The van der Waals surface area contributed by atoms with Gasteiger partial charge in [-0.05, 0) is 30.7 Å². The second-order valence-corrected chi connectivity index (χ2v) is 6.83. The number of aromatic nitrogens is 1. The zero-order valence-corrected chi connectivity index (χ0v) is 13.4. The number of benzene rings is 1. The van der Waals surface area contributed by atoms with Crippen LogP contribution < -0.4 is 10.5 Å². The van der Waals surface area contributed by atoms with Crippen LogP contribution in [0.5, 0.6) is 0 Å². The van der Waals surface area contributed by atoms with E-state index in [0.717, 1.165) is 5.56 Å². The summed E-state index contributed by atoms with van der Waals surface area (Å²) in [6.07, 6.45) is 1.56. The molecular formula is C13H12ClN3O2S2. The number of thiocarbonyl (C=S) groups is 1. The van der Waals surface area contributed by atoms with Crippen LogP contribution in [-0.4, -0.2) is 18.4 Å². The van der Waals surface area contributed by atoms with Crippen LogP contribution in [0.25, 0.3) is 0 Å². The topological polar surface area (TPSA) is 85.1 Å². The number of nitrogens with two attached hydrogens (primary N) is 1. The van der Waals surface area contributed by atoms with Crippen LogP contribution in [0, 0.1) is 6.92 Å². The average molecular weight is 342 g/mol.